The summed E-state index contributed by atoms with van der Waals surface area (Å²) in [6.07, 6.45) is 4.62. The molecule has 0 saturated heterocycles. The summed E-state index contributed by atoms with van der Waals surface area (Å²) in [7, 11) is 5.67. The molecule has 1 amide bonds. The summed E-state index contributed by atoms with van der Waals surface area (Å²) >= 11 is 0. The van der Waals surface area contributed by atoms with E-state index in [1.54, 1.807) is 7.11 Å². The number of anilines is 1. The molecule has 0 bridgehead atoms. The van der Waals surface area contributed by atoms with Crippen LogP contribution in [-0.4, -0.2) is 38.1 Å². The average molecular weight is 395 g/mol. The Balaban J connectivity index is 1.75. The molecule has 1 unspecified atom stereocenters. The van der Waals surface area contributed by atoms with E-state index in [4.69, 9.17) is 9.47 Å². The summed E-state index contributed by atoms with van der Waals surface area (Å²) in [5.74, 6) is 1.45. The van der Waals surface area contributed by atoms with Crippen molar-refractivity contribution in [1.82, 2.24) is 4.90 Å². The smallest absolute Gasteiger partial charge is 0.260 e. The number of aryl methyl sites for hydroxylation is 2. The van der Waals surface area contributed by atoms with Crippen LogP contribution in [0.1, 0.15) is 58.9 Å². The Bertz CT molecular complexity index is 932. The van der Waals surface area contributed by atoms with E-state index in [1.165, 1.54) is 18.4 Å². The lowest BCUT2D eigenvalue weighted by atomic mass is 10.0. The van der Waals surface area contributed by atoms with Crippen LogP contribution < -0.4 is 14.4 Å². The molecule has 1 fully saturated rings. The van der Waals surface area contributed by atoms with Crippen LogP contribution in [0, 0.1) is 13.8 Å². The first kappa shape index (κ1) is 19.8. The highest BCUT2D eigenvalue weighted by atomic mass is 16.5. The molecule has 154 valence electrons. The van der Waals surface area contributed by atoms with E-state index in [0.717, 1.165) is 35.2 Å². The molecule has 1 saturated carbocycles. The molecule has 1 aliphatic heterocycles. The van der Waals surface area contributed by atoms with E-state index in [0.29, 0.717) is 11.5 Å². The fourth-order valence-corrected chi connectivity index (χ4v) is 4.48. The fraction of sp³-hybridized carbons (Fsp3) is 0.458. The van der Waals surface area contributed by atoms with Crippen LogP contribution in [0.2, 0.25) is 0 Å². The van der Waals surface area contributed by atoms with Gasteiger partial charge in [0, 0.05) is 22.9 Å². The molecule has 0 N–H and O–H groups in total. The Hall–Kier alpha value is -2.53. The molecule has 5 nitrogen and oxygen atoms in total. The molecule has 2 aliphatic rings. The summed E-state index contributed by atoms with van der Waals surface area (Å²) in [6.45, 7) is 4.15. The molecule has 0 spiro atoms. The van der Waals surface area contributed by atoms with Crippen molar-refractivity contribution in [2.75, 3.05) is 26.1 Å². The highest BCUT2D eigenvalue weighted by molar-refractivity contribution is 6.11. The number of benzene rings is 2. The van der Waals surface area contributed by atoms with Crippen LogP contribution in [0.15, 0.2) is 30.3 Å². The molecular weight excluding hydrogens is 364 g/mol. The monoisotopic (exact) mass is 394 g/mol. The Kier molecular flexibility index (Phi) is 5.26. The van der Waals surface area contributed by atoms with E-state index >= 15 is 0 Å². The Labute approximate surface area is 173 Å². The molecule has 4 rings (SSSR count). The Morgan fingerprint density at radius 1 is 1.00 bits per heavy atom. The summed E-state index contributed by atoms with van der Waals surface area (Å²) < 4.78 is 11.8. The molecule has 1 atom stereocenters. The third-order valence-corrected chi connectivity index (χ3v) is 6.15. The predicted octanol–water partition coefficient (Wildman–Crippen LogP) is 4.85. The number of ether oxygens (including phenoxy) is 2. The number of nitrogens with zero attached hydrogens (tertiary/aromatic N) is 2. The van der Waals surface area contributed by atoms with Gasteiger partial charge in [-0.2, -0.15) is 0 Å². The molecule has 0 aromatic heterocycles. The lowest BCUT2D eigenvalue weighted by Crippen LogP contribution is -2.36. The first-order chi connectivity index (χ1) is 13.9. The van der Waals surface area contributed by atoms with E-state index in [1.807, 2.05) is 43.3 Å². The van der Waals surface area contributed by atoms with Gasteiger partial charge < -0.3 is 9.47 Å². The number of hydrogen-bond donors (Lipinski definition) is 0. The van der Waals surface area contributed by atoms with Gasteiger partial charge in [0.2, 0.25) is 0 Å². The maximum Gasteiger partial charge on any atom is 0.260 e. The second kappa shape index (κ2) is 7.71. The van der Waals surface area contributed by atoms with Crippen LogP contribution in [0.5, 0.6) is 11.5 Å². The van der Waals surface area contributed by atoms with Crippen molar-refractivity contribution in [1.29, 1.82) is 0 Å². The highest BCUT2D eigenvalue weighted by Crippen LogP contribution is 2.43. The van der Waals surface area contributed by atoms with Crippen molar-refractivity contribution in [2.45, 2.75) is 51.8 Å². The lowest BCUT2D eigenvalue weighted by molar-refractivity contribution is 0.0973. The van der Waals surface area contributed by atoms with Gasteiger partial charge in [-0.25, -0.2) is 0 Å². The molecule has 0 radical (unpaired) electrons. The minimum atomic E-state index is -0.149. The van der Waals surface area contributed by atoms with E-state index < -0.39 is 0 Å². The van der Waals surface area contributed by atoms with Crippen molar-refractivity contribution in [3.05, 3.63) is 52.6 Å². The van der Waals surface area contributed by atoms with Crippen LogP contribution >= 0.6 is 0 Å². The quantitative estimate of drug-likeness (QED) is 0.727. The van der Waals surface area contributed by atoms with Gasteiger partial charge in [-0.05, 0) is 83.0 Å². The van der Waals surface area contributed by atoms with Gasteiger partial charge >= 0.3 is 0 Å². The minimum absolute atomic E-state index is 0.0267. The zero-order valence-electron chi connectivity index (χ0n) is 18.0. The van der Waals surface area contributed by atoms with Crippen molar-refractivity contribution < 1.29 is 14.3 Å². The molecule has 5 heteroatoms. The van der Waals surface area contributed by atoms with E-state index in [2.05, 4.69) is 24.8 Å². The zero-order valence-corrected chi connectivity index (χ0v) is 18.0. The lowest BCUT2D eigenvalue weighted by Gasteiger charge is -2.31. The second-order valence-electron chi connectivity index (χ2n) is 8.40. The molecule has 2 aromatic rings. The van der Waals surface area contributed by atoms with Gasteiger partial charge in [0.05, 0.1) is 13.2 Å². The zero-order chi connectivity index (χ0) is 20.7. The Morgan fingerprint density at radius 2 is 1.69 bits per heavy atom. The van der Waals surface area contributed by atoms with Crippen LogP contribution in [-0.2, 0) is 0 Å². The van der Waals surface area contributed by atoms with Crippen molar-refractivity contribution >= 4 is 11.6 Å². The van der Waals surface area contributed by atoms with Gasteiger partial charge in [0.1, 0.15) is 6.17 Å². The second-order valence-corrected chi connectivity index (χ2v) is 8.40. The van der Waals surface area contributed by atoms with Gasteiger partial charge in [-0.1, -0.05) is 6.07 Å². The van der Waals surface area contributed by atoms with Crippen molar-refractivity contribution in [3.8, 4) is 11.5 Å². The number of hydrogen-bond acceptors (Lipinski definition) is 4. The number of carbonyl (C=O) groups excluding carboxylic acids is 1. The SMILES string of the molecule is COc1ccc(N2C(=O)c3cc(C)c(C)cc3C2N(C)C)cc1OC1CCCC1. The van der Waals surface area contributed by atoms with E-state index in [9.17, 15) is 4.79 Å². The fourth-order valence-electron chi connectivity index (χ4n) is 4.48. The normalized spacial score (nSPS) is 19.2. The topological polar surface area (TPSA) is 42.0 Å². The number of methoxy groups -OCH3 is 1. The third kappa shape index (κ3) is 3.48. The molecule has 1 aliphatic carbocycles. The van der Waals surface area contributed by atoms with Gasteiger partial charge in [0.25, 0.3) is 5.91 Å². The number of carbonyl (C=O) groups is 1. The highest BCUT2D eigenvalue weighted by Gasteiger charge is 2.39. The maximum atomic E-state index is 13.4. The van der Waals surface area contributed by atoms with Crippen molar-refractivity contribution in [2.24, 2.45) is 0 Å². The molecule has 1 heterocycles. The number of rotatable bonds is 5. The van der Waals surface area contributed by atoms with Crippen LogP contribution in [0.25, 0.3) is 0 Å². The summed E-state index contributed by atoms with van der Waals surface area (Å²) in [4.78, 5) is 17.4. The largest absolute Gasteiger partial charge is 0.493 e. The number of amides is 1. The molecule has 29 heavy (non-hydrogen) atoms. The third-order valence-electron chi connectivity index (χ3n) is 6.15. The summed E-state index contributed by atoms with van der Waals surface area (Å²) in [5, 5.41) is 0. The average Bonchev–Trinajstić information content (AvgIpc) is 3.29. The standard InChI is InChI=1S/C24H30N2O3/c1-15-12-19-20(13-16(15)2)24(27)26(23(19)25(3)4)17-10-11-21(28-5)22(14-17)29-18-8-6-7-9-18/h10-14,18,23H,6-9H2,1-5H3. The maximum absolute atomic E-state index is 13.4. The molecule has 2 aromatic carbocycles. The molecular formula is C24H30N2O3. The number of fused-ring (bicyclic) bond motifs is 1. The van der Waals surface area contributed by atoms with Gasteiger partial charge in [0.15, 0.2) is 11.5 Å². The first-order valence-corrected chi connectivity index (χ1v) is 10.4. The van der Waals surface area contributed by atoms with Crippen molar-refractivity contribution in [3.63, 3.8) is 0 Å². The summed E-state index contributed by atoms with van der Waals surface area (Å²) in [5.41, 5.74) is 4.99. The predicted molar refractivity (Wildman–Crippen MR) is 115 cm³/mol. The van der Waals surface area contributed by atoms with Crippen LogP contribution in [0.4, 0.5) is 5.69 Å². The van der Waals surface area contributed by atoms with E-state index in [-0.39, 0.29) is 18.2 Å². The Morgan fingerprint density at radius 3 is 2.34 bits per heavy atom. The van der Waals surface area contributed by atoms with Crippen LogP contribution in [0.3, 0.4) is 0 Å². The minimum Gasteiger partial charge on any atom is -0.493 e. The van der Waals surface area contributed by atoms with Gasteiger partial charge in [-0.15, -0.1) is 0 Å². The first-order valence-electron chi connectivity index (χ1n) is 10.4. The summed E-state index contributed by atoms with van der Waals surface area (Å²) in [6, 6.07) is 9.96. The van der Waals surface area contributed by atoms with Gasteiger partial charge in [-0.3, -0.25) is 14.6 Å².